The number of unbranched alkanes of at least 4 members (excludes halogenated alkanes) is 1. The Morgan fingerprint density at radius 3 is 2.08 bits per heavy atom. The number of hydrogen-bond donors (Lipinski definition) is 2. The van der Waals surface area contributed by atoms with Crippen molar-refractivity contribution in [1.82, 2.24) is 0 Å². The lowest BCUT2D eigenvalue weighted by Crippen LogP contribution is -2.39. The topological polar surface area (TPSA) is 40.5 Å². The Labute approximate surface area is 82.0 Å². The zero-order chi connectivity index (χ0) is 10.5. The van der Waals surface area contributed by atoms with Crippen molar-refractivity contribution < 1.29 is 10.2 Å². The first-order valence-corrected chi connectivity index (χ1v) is 5.40. The van der Waals surface area contributed by atoms with Crippen LogP contribution in [0.25, 0.3) is 0 Å². The second-order valence-electron chi connectivity index (χ2n) is 4.16. The van der Waals surface area contributed by atoms with Gasteiger partial charge >= 0.3 is 0 Å². The van der Waals surface area contributed by atoms with E-state index in [2.05, 4.69) is 20.8 Å². The van der Waals surface area contributed by atoms with Gasteiger partial charge in [0.1, 0.15) is 0 Å². The number of aliphatic hydroxyl groups is 2. The van der Waals surface area contributed by atoms with Crippen molar-refractivity contribution in [3.05, 3.63) is 0 Å². The molecule has 2 N–H and O–H groups in total. The maximum atomic E-state index is 9.77. The molecule has 0 fully saturated rings. The van der Waals surface area contributed by atoms with Crippen LogP contribution in [0.4, 0.5) is 0 Å². The van der Waals surface area contributed by atoms with Gasteiger partial charge in [-0.15, -0.1) is 0 Å². The largest absolute Gasteiger partial charge is 0.365 e. The lowest BCUT2D eigenvalue weighted by atomic mass is 9.84. The summed E-state index contributed by atoms with van der Waals surface area (Å²) in [6.45, 7) is 8.13. The Morgan fingerprint density at radius 1 is 1.15 bits per heavy atom. The van der Waals surface area contributed by atoms with Gasteiger partial charge in [-0.2, -0.15) is 0 Å². The van der Waals surface area contributed by atoms with Crippen molar-refractivity contribution in [3.63, 3.8) is 0 Å². The average molecular weight is 188 g/mol. The van der Waals surface area contributed by atoms with Crippen LogP contribution in [0, 0.1) is 11.8 Å². The average Bonchev–Trinajstić information content (AvgIpc) is 2.12. The van der Waals surface area contributed by atoms with Gasteiger partial charge < -0.3 is 10.2 Å². The van der Waals surface area contributed by atoms with Crippen molar-refractivity contribution in [2.24, 2.45) is 11.8 Å². The van der Waals surface area contributed by atoms with E-state index in [9.17, 15) is 10.2 Å². The fraction of sp³-hybridized carbons (Fsp3) is 1.00. The van der Waals surface area contributed by atoms with Gasteiger partial charge in [-0.05, 0) is 12.3 Å². The molecule has 0 saturated carbocycles. The van der Waals surface area contributed by atoms with Crippen LogP contribution in [-0.4, -0.2) is 16.0 Å². The second-order valence-corrected chi connectivity index (χ2v) is 4.16. The highest BCUT2D eigenvalue weighted by molar-refractivity contribution is 4.75. The van der Waals surface area contributed by atoms with Gasteiger partial charge in [0.25, 0.3) is 0 Å². The summed E-state index contributed by atoms with van der Waals surface area (Å²) in [7, 11) is 0. The maximum absolute atomic E-state index is 9.77. The van der Waals surface area contributed by atoms with Crippen LogP contribution < -0.4 is 0 Å². The zero-order valence-electron chi connectivity index (χ0n) is 9.38. The summed E-state index contributed by atoms with van der Waals surface area (Å²) in [6, 6.07) is 0. The highest BCUT2D eigenvalue weighted by atomic mass is 16.5. The van der Waals surface area contributed by atoms with E-state index in [1.165, 1.54) is 0 Å². The number of hydrogen-bond acceptors (Lipinski definition) is 2. The molecule has 0 aromatic heterocycles. The Kier molecular flexibility index (Phi) is 5.57. The summed E-state index contributed by atoms with van der Waals surface area (Å²) >= 11 is 0. The molecule has 0 aliphatic heterocycles. The lowest BCUT2D eigenvalue weighted by molar-refractivity contribution is -0.211. The minimum Gasteiger partial charge on any atom is -0.365 e. The lowest BCUT2D eigenvalue weighted by Gasteiger charge is -2.32. The molecule has 0 rings (SSSR count). The molecule has 0 aromatic carbocycles. The van der Waals surface area contributed by atoms with Crippen LogP contribution in [0.1, 0.15) is 53.4 Å². The standard InChI is InChI=1S/C11H24O2/c1-5-7-8-11(12,13)10(4)9(3)6-2/h9-10,12-13H,5-8H2,1-4H3. The molecule has 0 saturated heterocycles. The van der Waals surface area contributed by atoms with Gasteiger partial charge in [0.15, 0.2) is 5.79 Å². The molecule has 0 heterocycles. The molecule has 2 atom stereocenters. The van der Waals surface area contributed by atoms with Crippen molar-refractivity contribution in [3.8, 4) is 0 Å². The molecule has 0 bridgehead atoms. The summed E-state index contributed by atoms with van der Waals surface area (Å²) in [5.74, 6) is -1.14. The summed E-state index contributed by atoms with van der Waals surface area (Å²) in [6.07, 6.45) is 3.38. The summed E-state index contributed by atoms with van der Waals surface area (Å²) < 4.78 is 0. The maximum Gasteiger partial charge on any atom is 0.165 e. The molecule has 2 unspecified atom stereocenters. The normalized spacial score (nSPS) is 17.1. The van der Waals surface area contributed by atoms with E-state index in [0.717, 1.165) is 19.3 Å². The minimum atomic E-state index is -1.47. The number of rotatable bonds is 6. The quantitative estimate of drug-likeness (QED) is 0.629. The highest BCUT2D eigenvalue weighted by Gasteiger charge is 2.32. The van der Waals surface area contributed by atoms with Crippen LogP contribution >= 0.6 is 0 Å². The fourth-order valence-corrected chi connectivity index (χ4v) is 1.47. The van der Waals surface area contributed by atoms with Crippen molar-refractivity contribution in [2.45, 2.75) is 59.2 Å². The van der Waals surface area contributed by atoms with E-state index in [0.29, 0.717) is 12.3 Å². The molecule has 0 aromatic rings. The summed E-state index contributed by atoms with van der Waals surface area (Å²) in [4.78, 5) is 0. The van der Waals surface area contributed by atoms with E-state index >= 15 is 0 Å². The molecule has 0 amide bonds. The zero-order valence-corrected chi connectivity index (χ0v) is 9.38. The molecule has 2 heteroatoms. The Balaban J connectivity index is 4.09. The molecule has 2 nitrogen and oxygen atoms in total. The second kappa shape index (κ2) is 5.61. The van der Waals surface area contributed by atoms with Crippen molar-refractivity contribution in [2.75, 3.05) is 0 Å². The first-order valence-electron chi connectivity index (χ1n) is 5.40. The molecule has 0 spiro atoms. The monoisotopic (exact) mass is 188 g/mol. The minimum absolute atomic E-state index is 0.0379. The molecule has 0 radical (unpaired) electrons. The van der Waals surface area contributed by atoms with Gasteiger partial charge in [0, 0.05) is 12.3 Å². The smallest absolute Gasteiger partial charge is 0.165 e. The van der Waals surface area contributed by atoms with E-state index in [1.54, 1.807) is 0 Å². The van der Waals surface area contributed by atoms with E-state index < -0.39 is 5.79 Å². The van der Waals surface area contributed by atoms with Crippen LogP contribution in [0.15, 0.2) is 0 Å². The third kappa shape index (κ3) is 4.10. The van der Waals surface area contributed by atoms with Crippen LogP contribution in [0.3, 0.4) is 0 Å². The van der Waals surface area contributed by atoms with Crippen molar-refractivity contribution >= 4 is 0 Å². The molecule has 13 heavy (non-hydrogen) atoms. The van der Waals surface area contributed by atoms with Crippen molar-refractivity contribution in [1.29, 1.82) is 0 Å². The first kappa shape index (κ1) is 12.9. The van der Waals surface area contributed by atoms with Crippen LogP contribution in [-0.2, 0) is 0 Å². The van der Waals surface area contributed by atoms with Gasteiger partial charge in [-0.25, -0.2) is 0 Å². The SMILES string of the molecule is CCCCC(O)(O)C(C)C(C)CC. The van der Waals surface area contributed by atoms with Gasteiger partial charge in [0.05, 0.1) is 0 Å². The molecule has 80 valence electrons. The summed E-state index contributed by atoms with van der Waals surface area (Å²) in [5, 5.41) is 19.5. The van der Waals surface area contributed by atoms with Crippen LogP contribution in [0.5, 0.6) is 0 Å². The third-order valence-electron chi connectivity index (χ3n) is 3.13. The fourth-order valence-electron chi connectivity index (χ4n) is 1.47. The Morgan fingerprint density at radius 2 is 1.69 bits per heavy atom. The third-order valence-corrected chi connectivity index (χ3v) is 3.13. The Hall–Kier alpha value is -0.0800. The first-order chi connectivity index (χ1) is 5.95. The van der Waals surface area contributed by atoms with Crippen LogP contribution in [0.2, 0.25) is 0 Å². The highest BCUT2D eigenvalue weighted by Crippen LogP contribution is 2.28. The van der Waals surface area contributed by atoms with E-state index in [4.69, 9.17) is 0 Å². The molecule has 0 aliphatic rings. The predicted molar refractivity (Wildman–Crippen MR) is 55.3 cm³/mol. The van der Waals surface area contributed by atoms with Gasteiger partial charge in [0.2, 0.25) is 0 Å². The van der Waals surface area contributed by atoms with E-state index in [-0.39, 0.29) is 5.92 Å². The molecule has 0 aliphatic carbocycles. The predicted octanol–water partition coefficient (Wildman–Crippen LogP) is 2.54. The van der Waals surface area contributed by atoms with Gasteiger partial charge in [-0.3, -0.25) is 0 Å². The summed E-state index contributed by atoms with van der Waals surface area (Å²) in [5.41, 5.74) is 0. The van der Waals surface area contributed by atoms with Gasteiger partial charge in [-0.1, -0.05) is 40.5 Å². The molecular formula is C11H24O2. The molecular weight excluding hydrogens is 164 g/mol. The Bertz CT molecular complexity index is 132. The van der Waals surface area contributed by atoms with E-state index in [1.807, 2.05) is 6.92 Å².